The van der Waals surface area contributed by atoms with Gasteiger partial charge in [-0.15, -0.1) is 0 Å². The van der Waals surface area contributed by atoms with Gasteiger partial charge in [0.15, 0.2) is 9.84 Å². The van der Waals surface area contributed by atoms with E-state index >= 15 is 0 Å². The van der Waals surface area contributed by atoms with Gasteiger partial charge in [-0.3, -0.25) is 4.79 Å². The molecule has 1 aliphatic rings. The molecular formula is C14H16N4O3S. The second-order valence-electron chi connectivity index (χ2n) is 5.40. The number of nitrogens with two attached hydrogens (primary N) is 1. The van der Waals surface area contributed by atoms with Crippen LogP contribution >= 0.6 is 0 Å². The zero-order valence-corrected chi connectivity index (χ0v) is 12.9. The number of hydrogen-bond donors (Lipinski definition) is 1. The fourth-order valence-electron chi connectivity index (χ4n) is 2.80. The molecule has 0 bridgehead atoms. The molecule has 8 heteroatoms. The van der Waals surface area contributed by atoms with Gasteiger partial charge in [0.2, 0.25) is 5.91 Å². The number of rotatable bonds is 3. The zero-order valence-electron chi connectivity index (χ0n) is 12.1. The van der Waals surface area contributed by atoms with Gasteiger partial charge in [0.25, 0.3) is 0 Å². The first kappa shape index (κ1) is 14.7. The third kappa shape index (κ3) is 2.50. The highest BCUT2D eigenvalue weighted by molar-refractivity contribution is 7.90. The minimum Gasteiger partial charge on any atom is -0.368 e. The first-order chi connectivity index (χ1) is 10.4. The van der Waals surface area contributed by atoms with Crippen molar-refractivity contribution >= 4 is 32.5 Å². The Morgan fingerprint density at radius 1 is 1.36 bits per heavy atom. The standard InChI is InChI=1S/C14H16N4O3S/c1-22(20,21)9-4-5-11-10(7-9)14(17-8-16-11)18-6-2-3-12(18)13(15)19/h4-5,7-8,12H,2-3,6H2,1H3,(H2,15,19). The Balaban J connectivity index is 2.19. The molecule has 0 spiro atoms. The molecule has 7 nitrogen and oxygen atoms in total. The topological polar surface area (TPSA) is 106 Å². The number of carbonyl (C=O) groups excluding carboxylic acids is 1. The lowest BCUT2D eigenvalue weighted by Gasteiger charge is -2.24. The predicted molar refractivity (Wildman–Crippen MR) is 82.2 cm³/mol. The van der Waals surface area contributed by atoms with E-state index in [4.69, 9.17) is 5.73 Å². The Morgan fingerprint density at radius 2 is 2.14 bits per heavy atom. The van der Waals surface area contributed by atoms with Crippen LogP contribution in [0.25, 0.3) is 10.9 Å². The maximum atomic E-state index is 11.8. The number of fused-ring (bicyclic) bond motifs is 1. The van der Waals surface area contributed by atoms with Crippen molar-refractivity contribution in [3.8, 4) is 0 Å². The number of hydrogen-bond acceptors (Lipinski definition) is 6. The van der Waals surface area contributed by atoms with Gasteiger partial charge in [-0.2, -0.15) is 0 Å². The van der Waals surface area contributed by atoms with E-state index in [-0.39, 0.29) is 4.90 Å². The maximum Gasteiger partial charge on any atom is 0.240 e. The Hall–Kier alpha value is -2.22. The second kappa shape index (κ2) is 5.20. The third-order valence-corrected chi connectivity index (χ3v) is 4.98. The van der Waals surface area contributed by atoms with Gasteiger partial charge in [-0.1, -0.05) is 0 Å². The van der Waals surface area contributed by atoms with Crippen LogP contribution in [-0.2, 0) is 14.6 Å². The molecule has 1 unspecified atom stereocenters. The first-order valence-corrected chi connectivity index (χ1v) is 8.78. The number of benzene rings is 1. The molecule has 2 N–H and O–H groups in total. The largest absolute Gasteiger partial charge is 0.368 e. The average molecular weight is 320 g/mol. The van der Waals surface area contributed by atoms with E-state index in [1.807, 2.05) is 4.90 Å². The van der Waals surface area contributed by atoms with Crippen LogP contribution in [-0.4, -0.2) is 43.1 Å². The monoisotopic (exact) mass is 320 g/mol. The molecule has 1 amide bonds. The van der Waals surface area contributed by atoms with Gasteiger partial charge in [-0.25, -0.2) is 18.4 Å². The van der Waals surface area contributed by atoms with E-state index < -0.39 is 21.8 Å². The van der Waals surface area contributed by atoms with E-state index in [2.05, 4.69) is 9.97 Å². The highest BCUT2D eigenvalue weighted by Crippen LogP contribution is 2.30. The normalized spacial score (nSPS) is 18.8. The summed E-state index contributed by atoms with van der Waals surface area (Å²) in [7, 11) is -3.33. The predicted octanol–water partition coefficient (Wildman–Crippen LogP) is 0.487. The molecule has 2 heterocycles. The first-order valence-electron chi connectivity index (χ1n) is 6.89. The Bertz CT molecular complexity index is 850. The number of sulfone groups is 1. The molecule has 2 aromatic rings. The van der Waals surface area contributed by atoms with Crippen LogP contribution in [0.1, 0.15) is 12.8 Å². The van der Waals surface area contributed by atoms with Gasteiger partial charge in [0.1, 0.15) is 18.2 Å². The Kier molecular flexibility index (Phi) is 3.48. The molecule has 1 aromatic carbocycles. The van der Waals surface area contributed by atoms with Gasteiger partial charge in [-0.05, 0) is 31.0 Å². The van der Waals surface area contributed by atoms with E-state index in [1.54, 1.807) is 12.1 Å². The molecule has 116 valence electrons. The molecule has 1 fully saturated rings. The van der Waals surface area contributed by atoms with Gasteiger partial charge in [0.05, 0.1) is 10.4 Å². The Morgan fingerprint density at radius 3 is 2.82 bits per heavy atom. The number of primary amides is 1. The minimum absolute atomic E-state index is 0.200. The average Bonchev–Trinajstić information content (AvgIpc) is 2.94. The summed E-state index contributed by atoms with van der Waals surface area (Å²) in [6, 6.07) is 4.30. The van der Waals surface area contributed by atoms with Crippen LogP contribution in [0.5, 0.6) is 0 Å². The van der Waals surface area contributed by atoms with Crippen molar-refractivity contribution in [1.82, 2.24) is 9.97 Å². The van der Waals surface area contributed by atoms with Crippen LogP contribution in [0.2, 0.25) is 0 Å². The van der Waals surface area contributed by atoms with Crippen LogP contribution < -0.4 is 10.6 Å². The lowest BCUT2D eigenvalue weighted by Crippen LogP contribution is -2.40. The summed E-state index contributed by atoms with van der Waals surface area (Å²) in [5, 5.41) is 0.610. The number of aromatic nitrogens is 2. The summed E-state index contributed by atoms with van der Waals surface area (Å²) in [5.41, 5.74) is 6.08. The summed E-state index contributed by atoms with van der Waals surface area (Å²) in [6.07, 6.45) is 4.07. The number of anilines is 1. The molecule has 3 rings (SSSR count). The minimum atomic E-state index is -3.33. The molecule has 1 atom stereocenters. The molecule has 1 saturated heterocycles. The van der Waals surface area contributed by atoms with E-state index in [0.29, 0.717) is 29.7 Å². The highest BCUT2D eigenvalue weighted by atomic mass is 32.2. The summed E-state index contributed by atoms with van der Waals surface area (Å²) in [4.78, 5) is 22.0. The summed E-state index contributed by atoms with van der Waals surface area (Å²) >= 11 is 0. The highest BCUT2D eigenvalue weighted by Gasteiger charge is 2.31. The third-order valence-electron chi connectivity index (χ3n) is 3.87. The molecule has 0 aliphatic carbocycles. The van der Waals surface area contributed by atoms with Crippen LogP contribution in [0.3, 0.4) is 0 Å². The number of carbonyl (C=O) groups is 1. The number of amides is 1. The number of nitrogens with zero attached hydrogens (tertiary/aromatic N) is 3. The van der Waals surface area contributed by atoms with Crippen molar-refractivity contribution in [3.63, 3.8) is 0 Å². The quantitative estimate of drug-likeness (QED) is 0.882. The van der Waals surface area contributed by atoms with Crippen molar-refractivity contribution < 1.29 is 13.2 Å². The van der Waals surface area contributed by atoms with Crippen molar-refractivity contribution in [3.05, 3.63) is 24.5 Å². The fourth-order valence-corrected chi connectivity index (χ4v) is 3.44. The van der Waals surface area contributed by atoms with Crippen LogP contribution in [0.15, 0.2) is 29.4 Å². The smallest absolute Gasteiger partial charge is 0.240 e. The van der Waals surface area contributed by atoms with Crippen molar-refractivity contribution in [2.45, 2.75) is 23.8 Å². The lowest BCUT2D eigenvalue weighted by molar-refractivity contribution is -0.119. The van der Waals surface area contributed by atoms with E-state index in [1.165, 1.54) is 12.4 Å². The Labute approximate surface area is 128 Å². The zero-order chi connectivity index (χ0) is 15.9. The molecule has 1 aliphatic heterocycles. The molecule has 22 heavy (non-hydrogen) atoms. The van der Waals surface area contributed by atoms with Gasteiger partial charge >= 0.3 is 0 Å². The fraction of sp³-hybridized carbons (Fsp3) is 0.357. The van der Waals surface area contributed by atoms with Crippen molar-refractivity contribution in [1.29, 1.82) is 0 Å². The SMILES string of the molecule is CS(=O)(=O)c1ccc2ncnc(N3CCCC3C(N)=O)c2c1. The summed E-state index contributed by atoms with van der Waals surface area (Å²) < 4.78 is 23.5. The van der Waals surface area contributed by atoms with Crippen LogP contribution in [0.4, 0.5) is 5.82 Å². The van der Waals surface area contributed by atoms with Gasteiger partial charge < -0.3 is 10.6 Å². The van der Waals surface area contributed by atoms with Crippen molar-refractivity contribution in [2.75, 3.05) is 17.7 Å². The molecular weight excluding hydrogens is 304 g/mol. The molecule has 0 saturated carbocycles. The maximum absolute atomic E-state index is 11.8. The van der Waals surface area contributed by atoms with Gasteiger partial charge in [0, 0.05) is 18.2 Å². The molecule has 1 aromatic heterocycles. The van der Waals surface area contributed by atoms with E-state index in [9.17, 15) is 13.2 Å². The summed E-state index contributed by atoms with van der Waals surface area (Å²) in [5.74, 6) is 0.153. The van der Waals surface area contributed by atoms with Crippen LogP contribution in [0, 0.1) is 0 Å². The van der Waals surface area contributed by atoms with E-state index in [0.717, 1.165) is 12.7 Å². The second-order valence-corrected chi connectivity index (χ2v) is 7.42. The summed E-state index contributed by atoms with van der Waals surface area (Å²) in [6.45, 7) is 0.656. The lowest BCUT2D eigenvalue weighted by atomic mass is 10.2. The molecule has 0 radical (unpaired) electrons. The van der Waals surface area contributed by atoms with Crippen molar-refractivity contribution in [2.24, 2.45) is 5.73 Å².